The third-order valence-electron chi connectivity index (χ3n) is 16.6. The molecule has 0 nitrogen and oxygen atoms in total. The Morgan fingerprint density at radius 1 is 0.237 bits per heavy atom. The van der Waals surface area contributed by atoms with Crippen LogP contribution >= 0.6 is 0 Å². The highest BCUT2D eigenvalue weighted by Crippen LogP contribution is 2.67. The van der Waals surface area contributed by atoms with Gasteiger partial charge in [-0.3, -0.25) is 0 Å². The van der Waals surface area contributed by atoms with Gasteiger partial charge in [-0.15, -0.1) is 0 Å². The predicted octanol–water partition coefficient (Wildman–Crippen LogP) is 10.6. The summed E-state index contributed by atoms with van der Waals surface area (Å²) in [5.74, 6) is 19.2. The minimum Gasteiger partial charge on any atom is -0.0527 e. The van der Waals surface area contributed by atoms with Crippen molar-refractivity contribution in [1.82, 2.24) is 0 Å². The van der Waals surface area contributed by atoms with Crippen molar-refractivity contribution in [3.05, 3.63) is 0 Å². The Kier molecular flexibility index (Phi) is 6.33. The van der Waals surface area contributed by atoms with Crippen LogP contribution in [0, 0.1) is 94.7 Å². The van der Waals surface area contributed by atoms with Crippen molar-refractivity contribution < 1.29 is 0 Å². The number of rotatable bonds is 0. The average molecular weight is 517 g/mol. The van der Waals surface area contributed by atoms with Crippen molar-refractivity contribution in [2.24, 2.45) is 94.7 Å². The third kappa shape index (κ3) is 4.08. The summed E-state index contributed by atoms with van der Waals surface area (Å²) < 4.78 is 0. The molecular formula is C38H60. The van der Waals surface area contributed by atoms with E-state index in [9.17, 15) is 0 Å². The molecule has 0 radical (unpaired) electrons. The second kappa shape index (κ2) is 9.79. The molecule has 0 aromatic carbocycles. The molecule has 12 rings (SSSR count). The Morgan fingerprint density at radius 2 is 0.632 bits per heavy atom. The van der Waals surface area contributed by atoms with Crippen LogP contribution in [0.1, 0.15) is 141 Å². The van der Waals surface area contributed by atoms with Gasteiger partial charge in [0.15, 0.2) is 0 Å². The van der Waals surface area contributed by atoms with Crippen molar-refractivity contribution in [3.63, 3.8) is 0 Å². The molecule has 0 spiro atoms. The molecule has 0 aromatic heterocycles. The molecule has 0 N–H and O–H groups in total. The van der Waals surface area contributed by atoms with Gasteiger partial charge in [0.1, 0.15) is 0 Å². The summed E-state index contributed by atoms with van der Waals surface area (Å²) in [5, 5.41) is 0. The molecule has 0 heterocycles. The normalized spacial score (nSPS) is 59.4. The summed E-state index contributed by atoms with van der Waals surface area (Å²) in [6.07, 6.45) is 35.1. The van der Waals surface area contributed by atoms with Crippen LogP contribution in [0.3, 0.4) is 0 Å². The Bertz CT molecular complexity index is 763. The van der Waals surface area contributed by atoms with Crippen molar-refractivity contribution in [3.8, 4) is 0 Å². The van der Waals surface area contributed by atoms with E-state index in [1.54, 1.807) is 141 Å². The van der Waals surface area contributed by atoms with Crippen molar-refractivity contribution in [2.45, 2.75) is 141 Å². The zero-order chi connectivity index (χ0) is 24.8. The standard InChI is InChI=1S/C12H18.C10H16.C9H14.C7H12/c1-2-8-5-7(1)11-9-3-4-10(6-9)12(8)11;1-2-9-7-4-5-8(6-7)10(9)3-1;1-2-8-4-6-3-7(1)9(8)5-6;1-2-7-4-3-6(1)5-7/h7-12H,1-6H2;7-10H,1-6H2;6-9H,1-5H2;6-7H,1-5H2. The summed E-state index contributed by atoms with van der Waals surface area (Å²) in [4.78, 5) is 0. The van der Waals surface area contributed by atoms with Gasteiger partial charge in [-0.1, -0.05) is 32.1 Å². The molecule has 0 aromatic rings. The molecule has 0 aliphatic heterocycles. The lowest BCUT2D eigenvalue weighted by Crippen LogP contribution is -2.27. The minimum absolute atomic E-state index is 1.17. The molecule has 12 fully saturated rings. The highest BCUT2D eigenvalue weighted by Gasteiger charge is 2.59. The summed E-state index contributed by atoms with van der Waals surface area (Å²) in [6, 6.07) is 0. The Morgan fingerprint density at radius 3 is 1.00 bits per heavy atom. The lowest BCUT2D eigenvalue weighted by molar-refractivity contribution is 0.146. The molecule has 10 atom stereocenters. The van der Waals surface area contributed by atoms with Gasteiger partial charge >= 0.3 is 0 Å². The summed E-state index contributed by atoms with van der Waals surface area (Å²) in [7, 11) is 0. The molecule has 212 valence electrons. The van der Waals surface area contributed by atoms with Crippen LogP contribution in [0.25, 0.3) is 0 Å². The van der Waals surface area contributed by atoms with E-state index in [1.165, 1.54) is 94.7 Å². The predicted molar refractivity (Wildman–Crippen MR) is 157 cm³/mol. The molecular weight excluding hydrogens is 456 g/mol. The van der Waals surface area contributed by atoms with Crippen LogP contribution in [0.2, 0.25) is 0 Å². The maximum atomic E-state index is 1.64. The fraction of sp³-hybridized carbons (Fsp3) is 1.00. The quantitative estimate of drug-likeness (QED) is 0.281. The van der Waals surface area contributed by atoms with E-state index in [0.29, 0.717) is 0 Å². The average Bonchev–Trinajstić information content (AvgIpc) is 3.81. The minimum atomic E-state index is 1.17. The first-order valence-corrected chi connectivity index (χ1v) is 18.8. The second-order valence-corrected chi connectivity index (χ2v) is 17.9. The number of fused-ring (bicyclic) bond motifs is 17. The SMILES string of the molecule is C1CC2C3CCC(C3)C2C1.C1CC2CC1C1C3CCC(C3)C21.C1CC2CC3CC1C2C3.C1CC2CCC1C2. The maximum Gasteiger partial charge on any atom is -0.0323 e. The fourth-order valence-electron chi connectivity index (χ4n) is 15.5. The van der Waals surface area contributed by atoms with Gasteiger partial charge < -0.3 is 0 Å². The Labute approximate surface area is 235 Å². The van der Waals surface area contributed by atoms with Crippen LogP contribution in [0.5, 0.6) is 0 Å². The highest BCUT2D eigenvalue weighted by molar-refractivity contribution is 5.08. The van der Waals surface area contributed by atoms with Crippen LogP contribution in [-0.2, 0) is 0 Å². The summed E-state index contributed by atoms with van der Waals surface area (Å²) in [5.41, 5.74) is 0. The lowest BCUT2D eigenvalue weighted by Gasteiger charge is -2.34. The van der Waals surface area contributed by atoms with Gasteiger partial charge in [0.25, 0.3) is 0 Å². The van der Waals surface area contributed by atoms with Gasteiger partial charge in [0, 0.05) is 0 Å². The number of hydrogen-bond acceptors (Lipinski definition) is 0. The zero-order valence-electron chi connectivity index (χ0n) is 24.8. The smallest absolute Gasteiger partial charge is 0.0323 e. The molecule has 0 saturated heterocycles. The van der Waals surface area contributed by atoms with Gasteiger partial charge in [-0.05, 0) is 204 Å². The summed E-state index contributed by atoms with van der Waals surface area (Å²) in [6.45, 7) is 0. The van der Waals surface area contributed by atoms with Gasteiger partial charge in [0.2, 0.25) is 0 Å². The Balaban J connectivity index is 0.0000000756. The highest BCUT2D eigenvalue weighted by atomic mass is 14.6. The van der Waals surface area contributed by atoms with E-state index < -0.39 is 0 Å². The molecule has 12 aliphatic carbocycles. The van der Waals surface area contributed by atoms with E-state index in [2.05, 4.69) is 0 Å². The molecule has 0 heteroatoms. The van der Waals surface area contributed by atoms with E-state index >= 15 is 0 Å². The topological polar surface area (TPSA) is 0 Å². The van der Waals surface area contributed by atoms with E-state index in [4.69, 9.17) is 0 Å². The fourth-order valence-corrected chi connectivity index (χ4v) is 15.5. The first-order valence-electron chi connectivity index (χ1n) is 18.8. The van der Waals surface area contributed by atoms with Gasteiger partial charge in [-0.25, -0.2) is 0 Å². The maximum absolute atomic E-state index is 1.64. The molecule has 12 aliphatic rings. The van der Waals surface area contributed by atoms with Crippen molar-refractivity contribution >= 4 is 0 Å². The Hall–Kier alpha value is 0. The lowest BCUT2D eigenvalue weighted by atomic mass is 9.71. The van der Waals surface area contributed by atoms with E-state index in [0.717, 1.165) is 0 Å². The van der Waals surface area contributed by atoms with Crippen LogP contribution in [-0.4, -0.2) is 0 Å². The van der Waals surface area contributed by atoms with E-state index in [1.807, 2.05) is 0 Å². The van der Waals surface area contributed by atoms with Crippen LogP contribution in [0.15, 0.2) is 0 Å². The number of hydrogen-bond donors (Lipinski definition) is 0. The third-order valence-corrected chi connectivity index (χ3v) is 16.6. The van der Waals surface area contributed by atoms with Gasteiger partial charge in [-0.2, -0.15) is 0 Å². The largest absolute Gasteiger partial charge is 0.0527 e. The van der Waals surface area contributed by atoms with Gasteiger partial charge in [0.05, 0.1) is 0 Å². The molecule has 38 heavy (non-hydrogen) atoms. The first kappa shape index (κ1) is 24.6. The summed E-state index contributed by atoms with van der Waals surface area (Å²) >= 11 is 0. The second-order valence-electron chi connectivity index (χ2n) is 17.9. The van der Waals surface area contributed by atoms with E-state index in [-0.39, 0.29) is 0 Å². The van der Waals surface area contributed by atoms with Crippen LogP contribution in [0.4, 0.5) is 0 Å². The monoisotopic (exact) mass is 516 g/mol. The first-order chi connectivity index (χ1) is 18.8. The molecule has 12 saturated carbocycles. The molecule has 10 bridgehead atoms. The van der Waals surface area contributed by atoms with Crippen molar-refractivity contribution in [2.75, 3.05) is 0 Å². The van der Waals surface area contributed by atoms with Crippen molar-refractivity contribution in [1.29, 1.82) is 0 Å². The van der Waals surface area contributed by atoms with Crippen LogP contribution < -0.4 is 0 Å². The molecule has 0 amide bonds. The molecule has 10 unspecified atom stereocenters. The zero-order valence-corrected chi connectivity index (χ0v) is 24.8.